The summed E-state index contributed by atoms with van der Waals surface area (Å²) in [5.41, 5.74) is 2.14. The minimum Gasteiger partial charge on any atom is -0.496 e. The lowest BCUT2D eigenvalue weighted by molar-refractivity contribution is 0.103. The summed E-state index contributed by atoms with van der Waals surface area (Å²) in [6.45, 7) is 11.6. The van der Waals surface area contributed by atoms with Crippen LogP contribution in [0.15, 0.2) is 30.3 Å². The molecule has 0 fully saturated rings. The van der Waals surface area contributed by atoms with E-state index >= 15 is 0 Å². The average molecular weight is 513 g/mol. The maximum atomic E-state index is 13.5. The van der Waals surface area contributed by atoms with Crippen LogP contribution >= 0.6 is 0 Å². The van der Waals surface area contributed by atoms with Crippen molar-refractivity contribution in [1.82, 2.24) is 10.2 Å². The van der Waals surface area contributed by atoms with Crippen LogP contribution in [0, 0.1) is 0 Å². The van der Waals surface area contributed by atoms with Crippen molar-refractivity contribution in [3.63, 3.8) is 0 Å². The number of hydrogen-bond acceptors (Lipinski definition) is 7. The molecule has 0 amide bonds. The Kier molecular flexibility index (Phi) is 8.15. The molecule has 0 saturated carbocycles. The molecule has 36 heavy (non-hydrogen) atoms. The number of nitrogens with one attached hydrogen (secondary N) is 1. The molecular formula is C27H36N2O6Si. The monoisotopic (exact) mass is 512 g/mol. The van der Waals surface area contributed by atoms with Gasteiger partial charge in [-0.2, -0.15) is 5.10 Å². The van der Waals surface area contributed by atoms with E-state index in [0.717, 1.165) is 5.56 Å². The van der Waals surface area contributed by atoms with Gasteiger partial charge >= 0.3 is 0 Å². The number of H-pyrrole nitrogens is 1. The van der Waals surface area contributed by atoms with Crippen LogP contribution in [-0.2, 0) is 4.43 Å². The lowest BCUT2D eigenvalue weighted by atomic mass is 10.0. The van der Waals surface area contributed by atoms with Gasteiger partial charge in [-0.15, -0.1) is 0 Å². The van der Waals surface area contributed by atoms with Crippen LogP contribution in [-0.4, -0.2) is 59.3 Å². The molecule has 0 radical (unpaired) electrons. The van der Waals surface area contributed by atoms with Crippen molar-refractivity contribution < 1.29 is 28.2 Å². The average Bonchev–Trinajstić information content (AvgIpc) is 3.28. The Balaban J connectivity index is 1.99. The number of hydrogen-bond donors (Lipinski definition) is 1. The van der Waals surface area contributed by atoms with Crippen molar-refractivity contribution in [3.05, 3.63) is 47.2 Å². The second-order valence-corrected chi connectivity index (χ2v) is 14.7. The zero-order chi connectivity index (χ0) is 26.7. The highest BCUT2D eigenvalue weighted by atomic mass is 28.4. The zero-order valence-corrected chi connectivity index (χ0v) is 23.6. The highest BCUT2D eigenvalue weighted by molar-refractivity contribution is 6.74. The molecule has 2 aromatic carbocycles. The Morgan fingerprint density at radius 1 is 0.972 bits per heavy atom. The van der Waals surface area contributed by atoms with Crippen LogP contribution in [0.25, 0.3) is 17.0 Å². The van der Waals surface area contributed by atoms with E-state index in [1.807, 2.05) is 24.3 Å². The molecular weight excluding hydrogens is 476 g/mol. The lowest BCUT2D eigenvalue weighted by Gasteiger charge is -2.35. The number of rotatable bonds is 10. The zero-order valence-electron chi connectivity index (χ0n) is 22.6. The van der Waals surface area contributed by atoms with E-state index in [1.165, 1.54) is 21.3 Å². The molecule has 194 valence electrons. The van der Waals surface area contributed by atoms with Crippen molar-refractivity contribution in [2.45, 2.75) is 38.9 Å². The van der Waals surface area contributed by atoms with Crippen molar-refractivity contribution in [2.24, 2.45) is 0 Å². The van der Waals surface area contributed by atoms with Crippen LogP contribution in [0.1, 0.15) is 42.4 Å². The van der Waals surface area contributed by atoms with Gasteiger partial charge in [0, 0.05) is 16.5 Å². The number of ketones is 1. The molecule has 0 atom stereocenters. The number of carbonyl (C=O) groups excluding carboxylic acids is 1. The van der Waals surface area contributed by atoms with Gasteiger partial charge in [-0.25, -0.2) is 0 Å². The number of benzene rings is 2. The van der Waals surface area contributed by atoms with E-state index in [1.54, 1.807) is 19.2 Å². The SMILES string of the molecule is COc1cc(C(=O)c2[nH]nc3c(/C=C\CO[Si](C)(C)C(C)(C)C)c(OC)ccc23)cc(OC)c1OC. The number of aromatic amines is 1. The summed E-state index contributed by atoms with van der Waals surface area (Å²) in [6.07, 6.45) is 3.90. The number of nitrogens with zero attached hydrogens (tertiary/aromatic N) is 1. The van der Waals surface area contributed by atoms with E-state index in [0.29, 0.717) is 51.8 Å². The van der Waals surface area contributed by atoms with Gasteiger partial charge in [-0.05, 0) is 42.4 Å². The van der Waals surface area contributed by atoms with E-state index < -0.39 is 8.32 Å². The highest BCUT2D eigenvalue weighted by Crippen LogP contribution is 2.39. The standard InChI is InChI=1S/C27H36N2O6Si/c1-27(2,3)36(8,9)35-14-10-11-18-20(31-4)13-12-19-23(18)28-29-24(19)25(30)17-15-21(32-5)26(34-7)22(16-17)33-6/h10-13,15-16H,14H2,1-9H3,(H,28,29)/b11-10-. The van der Waals surface area contributed by atoms with Crippen molar-refractivity contribution >= 4 is 31.1 Å². The molecule has 0 bridgehead atoms. The van der Waals surface area contributed by atoms with Gasteiger partial charge in [0.15, 0.2) is 19.8 Å². The van der Waals surface area contributed by atoms with Crippen molar-refractivity contribution in [3.8, 4) is 23.0 Å². The van der Waals surface area contributed by atoms with E-state index in [2.05, 4.69) is 44.1 Å². The van der Waals surface area contributed by atoms with Gasteiger partial charge in [-0.1, -0.05) is 32.9 Å². The quantitative estimate of drug-likeness (QED) is 0.268. The first-order chi connectivity index (χ1) is 17.0. The predicted octanol–water partition coefficient (Wildman–Crippen LogP) is 5.86. The van der Waals surface area contributed by atoms with Crippen molar-refractivity contribution in [1.29, 1.82) is 0 Å². The molecule has 0 aliphatic heterocycles. The smallest absolute Gasteiger partial charge is 0.211 e. The molecule has 1 N–H and O–H groups in total. The minimum absolute atomic E-state index is 0.128. The Morgan fingerprint density at radius 2 is 1.58 bits per heavy atom. The summed E-state index contributed by atoms with van der Waals surface area (Å²) in [5, 5.41) is 8.19. The first-order valence-corrected chi connectivity index (χ1v) is 14.6. The van der Waals surface area contributed by atoms with Gasteiger partial charge in [-0.3, -0.25) is 9.89 Å². The van der Waals surface area contributed by atoms with Gasteiger partial charge in [0.05, 0.1) is 35.0 Å². The summed E-state index contributed by atoms with van der Waals surface area (Å²) in [4.78, 5) is 13.5. The maximum Gasteiger partial charge on any atom is 0.211 e. The topological polar surface area (TPSA) is 91.9 Å². The normalized spacial score (nSPS) is 12.2. The first-order valence-electron chi connectivity index (χ1n) is 11.7. The molecule has 0 aliphatic carbocycles. The summed E-state index contributed by atoms with van der Waals surface area (Å²) in [5.74, 6) is 1.62. The summed E-state index contributed by atoms with van der Waals surface area (Å²) < 4.78 is 28.0. The molecule has 0 saturated heterocycles. The van der Waals surface area contributed by atoms with E-state index in [4.69, 9.17) is 23.4 Å². The predicted molar refractivity (Wildman–Crippen MR) is 144 cm³/mol. The third-order valence-corrected chi connectivity index (χ3v) is 11.2. The van der Waals surface area contributed by atoms with Crippen LogP contribution in [0.4, 0.5) is 0 Å². The van der Waals surface area contributed by atoms with Gasteiger partial charge < -0.3 is 23.4 Å². The van der Waals surface area contributed by atoms with Gasteiger partial charge in [0.2, 0.25) is 11.5 Å². The third kappa shape index (κ3) is 5.27. The van der Waals surface area contributed by atoms with Crippen LogP contribution in [0.2, 0.25) is 18.1 Å². The van der Waals surface area contributed by atoms with Crippen molar-refractivity contribution in [2.75, 3.05) is 35.0 Å². The fourth-order valence-corrected chi connectivity index (χ4v) is 4.54. The van der Waals surface area contributed by atoms with Gasteiger partial charge in [0.1, 0.15) is 17.0 Å². The minimum atomic E-state index is -1.87. The van der Waals surface area contributed by atoms with Crippen LogP contribution in [0.5, 0.6) is 23.0 Å². The molecule has 3 rings (SSSR count). The fraction of sp³-hybridized carbons (Fsp3) is 0.407. The Bertz CT molecular complexity index is 1250. The number of ether oxygens (including phenoxy) is 4. The highest BCUT2D eigenvalue weighted by Gasteiger charge is 2.36. The van der Waals surface area contributed by atoms with Crippen LogP contribution in [0.3, 0.4) is 0 Å². The lowest BCUT2D eigenvalue weighted by Crippen LogP contribution is -2.40. The molecule has 0 unspecified atom stereocenters. The van der Waals surface area contributed by atoms with E-state index in [-0.39, 0.29) is 10.8 Å². The van der Waals surface area contributed by atoms with Crippen LogP contribution < -0.4 is 18.9 Å². The molecule has 1 heterocycles. The largest absolute Gasteiger partial charge is 0.496 e. The maximum absolute atomic E-state index is 13.5. The molecule has 0 spiro atoms. The number of methoxy groups -OCH3 is 4. The second-order valence-electron chi connectivity index (χ2n) is 9.89. The fourth-order valence-electron chi connectivity index (χ4n) is 3.59. The number of aromatic nitrogens is 2. The van der Waals surface area contributed by atoms with E-state index in [9.17, 15) is 4.79 Å². The Morgan fingerprint density at radius 3 is 2.11 bits per heavy atom. The molecule has 3 aromatic rings. The Labute approximate surface area is 213 Å². The number of carbonyl (C=O) groups is 1. The second kappa shape index (κ2) is 10.8. The molecule has 1 aromatic heterocycles. The third-order valence-electron chi connectivity index (χ3n) is 6.73. The summed E-state index contributed by atoms with van der Waals surface area (Å²) in [7, 11) is 4.28. The summed E-state index contributed by atoms with van der Waals surface area (Å²) in [6, 6.07) is 6.91. The van der Waals surface area contributed by atoms with Gasteiger partial charge in [0.25, 0.3) is 0 Å². The summed E-state index contributed by atoms with van der Waals surface area (Å²) >= 11 is 0. The molecule has 8 nitrogen and oxygen atoms in total. The number of fused-ring (bicyclic) bond motifs is 1. The molecule has 0 aliphatic rings. The molecule has 9 heteroatoms. The first kappa shape index (κ1) is 27.3. The Hall–Kier alpha value is -3.30.